The number of nitriles is 1. The molecule has 9 heteroatoms. The van der Waals surface area contributed by atoms with E-state index in [9.17, 15) is 19.2 Å². The Kier molecular flexibility index (Phi) is 6.07. The first-order valence-corrected chi connectivity index (χ1v) is 9.80. The van der Waals surface area contributed by atoms with Gasteiger partial charge in [0.25, 0.3) is 5.91 Å². The molecule has 3 aromatic rings. The van der Waals surface area contributed by atoms with Gasteiger partial charge in [0.2, 0.25) is 0 Å². The zero-order chi connectivity index (χ0) is 23.6. The zero-order valence-corrected chi connectivity index (χ0v) is 18.4. The van der Waals surface area contributed by atoms with Crippen molar-refractivity contribution in [3.8, 4) is 6.07 Å². The number of H-pyrrole nitrogens is 1. The summed E-state index contributed by atoms with van der Waals surface area (Å²) in [6.45, 7) is 5.46. The molecule has 8 nitrogen and oxygen atoms in total. The van der Waals surface area contributed by atoms with E-state index < -0.39 is 17.1 Å². The molecule has 0 aliphatic heterocycles. The van der Waals surface area contributed by atoms with Gasteiger partial charge in [-0.1, -0.05) is 26.8 Å². The lowest BCUT2D eigenvalue weighted by Gasteiger charge is -2.15. The van der Waals surface area contributed by atoms with Crippen molar-refractivity contribution in [1.82, 2.24) is 19.9 Å². The van der Waals surface area contributed by atoms with Crippen LogP contribution in [-0.4, -0.2) is 45.6 Å². The van der Waals surface area contributed by atoms with Gasteiger partial charge in [-0.2, -0.15) is 5.26 Å². The molecule has 2 heterocycles. The highest BCUT2D eigenvalue weighted by Crippen LogP contribution is 2.27. The molecular formula is C23H23FN6O2. The number of likely N-dealkylation sites (N-methyl/N-ethyl adjacent to an activating group) is 1. The third-order valence-electron chi connectivity index (χ3n) is 4.63. The van der Waals surface area contributed by atoms with E-state index in [1.165, 1.54) is 43.4 Å². The van der Waals surface area contributed by atoms with E-state index in [0.717, 1.165) is 0 Å². The maximum Gasteiger partial charge on any atom is 0.264 e. The number of rotatable bonds is 5. The number of nitrogens with zero attached hydrogens (tertiary/aromatic N) is 4. The summed E-state index contributed by atoms with van der Waals surface area (Å²) in [5, 5.41) is 12.1. The third kappa shape index (κ3) is 4.64. The molecule has 0 spiro atoms. The maximum atomic E-state index is 14.7. The van der Waals surface area contributed by atoms with Crippen molar-refractivity contribution in [3.63, 3.8) is 0 Å². The number of anilines is 2. The number of hydrogen-bond acceptors (Lipinski definition) is 6. The summed E-state index contributed by atoms with van der Waals surface area (Å²) in [5.41, 5.74) is 1.08. The number of Topliss-reactive ketones (excluding diaryl/α,β-unsaturated/α-hetero) is 1. The normalized spacial score (nSPS) is 11.8. The highest BCUT2D eigenvalue weighted by atomic mass is 19.1. The van der Waals surface area contributed by atoms with Crippen molar-refractivity contribution in [2.45, 2.75) is 20.8 Å². The molecule has 0 saturated carbocycles. The molecule has 3 rings (SSSR count). The highest BCUT2D eigenvalue weighted by molar-refractivity contribution is 6.08. The molecule has 2 N–H and O–H groups in total. The number of benzene rings is 1. The van der Waals surface area contributed by atoms with Gasteiger partial charge in [-0.05, 0) is 23.8 Å². The van der Waals surface area contributed by atoms with Gasteiger partial charge in [0, 0.05) is 25.7 Å². The standard InChI is InChI=1S/C23H23FN6O2/c1-23(2,3)20(31)15-11-26-21-19(15)29-18(12-27-21)28-17-7-6-13(9-16(17)24)8-14(10-25)22(32)30(4)5/h6-9,11-12H,1-5H3,(H,26,27)(H,28,29)/b14-8+. The predicted octanol–water partition coefficient (Wildman–Crippen LogP) is 4.06. The van der Waals surface area contributed by atoms with Crippen LogP contribution in [-0.2, 0) is 4.79 Å². The Labute approximate surface area is 184 Å². The fraction of sp³-hybridized carbons (Fsp3) is 0.261. The Hall–Kier alpha value is -4.06. The minimum Gasteiger partial charge on any atom is -0.344 e. The van der Waals surface area contributed by atoms with E-state index in [4.69, 9.17) is 0 Å². The zero-order valence-electron chi connectivity index (χ0n) is 18.4. The lowest BCUT2D eigenvalue weighted by molar-refractivity contribution is -0.124. The Balaban J connectivity index is 1.90. The van der Waals surface area contributed by atoms with E-state index in [0.29, 0.717) is 22.3 Å². The first kappa shape index (κ1) is 22.6. The van der Waals surface area contributed by atoms with Crippen molar-refractivity contribution in [1.29, 1.82) is 5.26 Å². The lowest BCUT2D eigenvalue weighted by Crippen LogP contribution is -2.22. The summed E-state index contributed by atoms with van der Waals surface area (Å²) in [7, 11) is 3.06. The van der Waals surface area contributed by atoms with Crippen LogP contribution in [0.25, 0.3) is 17.2 Å². The molecule has 0 aliphatic rings. The fourth-order valence-electron chi connectivity index (χ4n) is 2.94. The molecule has 164 valence electrons. The molecule has 1 amide bonds. The smallest absolute Gasteiger partial charge is 0.264 e. The number of fused-ring (bicyclic) bond motifs is 1. The molecule has 1 aromatic carbocycles. The second kappa shape index (κ2) is 8.59. The van der Waals surface area contributed by atoms with Gasteiger partial charge in [0.05, 0.1) is 17.4 Å². The third-order valence-corrected chi connectivity index (χ3v) is 4.63. The van der Waals surface area contributed by atoms with Crippen LogP contribution in [0.1, 0.15) is 36.7 Å². The highest BCUT2D eigenvalue weighted by Gasteiger charge is 2.26. The summed E-state index contributed by atoms with van der Waals surface area (Å²) in [4.78, 5) is 37.6. The van der Waals surface area contributed by atoms with Gasteiger partial charge in [0.1, 0.15) is 28.8 Å². The fourth-order valence-corrected chi connectivity index (χ4v) is 2.94. The summed E-state index contributed by atoms with van der Waals surface area (Å²) >= 11 is 0. The van der Waals surface area contributed by atoms with Crippen LogP contribution in [0.5, 0.6) is 0 Å². The average Bonchev–Trinajstić information content (AvgIpc) is 3.15. The number of ketones is 1. The second-order valence-electron chi connectivity index (χ2n) is 8.47. The van der Waals surface area contributed by atoms with Crippen LogP contribution >= 0.6 is 0 Å². The van der Waals surface area contributed by atoms with Crippen molar-refractivity contribution < 1.29 is 14.0 Å². The van der Waals surface area contributed by atoms with Crippen LogP contribution in [0, 0.1) is 22.6 Å². The van der Waals surface area contributed by atoms with E-state index in [-0.39, 0.29) is 22.9 Å². The van der Waals surface area contributed by atoms with Gasteiger partial charge in [-0.15, -0.1) is 0 Å². The summed E-state index contributed by atoms with van der Waals surface area (Å²) in [6, 6.07) is 6.08. The van der Waals surface area contributed by atoms with Crippen LogP contribution in [0.2, 0.25) is 0 Å². The van der Waals surface area contributed by atoms with Gasteiger partial charge < -0.3 is 15.2 Å². The molecule has 2 aromatic heterocycles. The number of amides is 1. The molecule has 0 unspecified atom stereocenters. The van der Waals surface area contributed by atoms with E-state index >= 15 is 0 Å². The number of hydrogen-bond donors (Lipinski definition) is 2. The van der Waals surface area contributed by atoms with Crippen molar-refractivity contribution >= 4 is 40.4 Å². The quantitative estimate of drug-likeness (QED) is 0.355. The number of aromatic nitrogens is 3. The monoisotopic (exact) mass is 434 g/mol. The number of halogens is 1. The Bertz CT molecular complexity index is 1280. The number of nitrogens with one attached hydrogen (secondary N) is 2. The maximum absolute atomic E-state index is 14.7. The summed E-state index contributed by atoms with van der Waals surface area (Å²) in [6.07, 6.45) is 4.33. The minimum atomic E-state index is -0.602. The molecule has 0 aliphatic carbocycles. The molecule has 32 heavy (non-hydrogen) atoms. The average molecular weight is 434 g/mol. The molecule has 0 fully saturated rings. The number of carbonyl (C=O) groups excluding carboxylic acids is 2. The predicted molar refractivity (Wildman–Crippen MR) is 120 cm³/mol. The SMILES string of the molecule is CN(C)C(=O)/C(C#N)=C/c1ccc(Nc2cnc3[nH]cc(C(=O)C(C)(C)C)c3n2)c(F)c1. The first-order chi connectivity index (χ1) is 15.0. The van der Waals surface area contributed by atoms with Crippen LogP contribution in [0.3, 0.4) is 0 Å². The Morgan fingerprint density at radius 2 is 2.00 bits per heavy atom. The molecule has 0 bridgehead atoms. The van der Waals surface area contributed by atoms with E-state index in [1.54, 1.807) is 12.3 Å². The van der Waals surface area contributed by atoms with Crippen LogP contribution in [0.4, 0.5) is 15.9 Å². The van der Waals surface area contributed by atoms with Gasteiger partial charge in [-0.25, -0.2) is 14.4 Å². The number of carbonyl (C=O) groups is 2. The van der Waals surface area contributed by atoms with Crippen molar-refractivity contribution in [2.24, 2.45) is 5.41 Å². The van der Waals surface area contributed by atoms with Gasteiger partial charge in [0.15, 0.2) is 11.4 Å². The van der Waals surface area contributed by atoms with Crippen molar-refractivity contribution in [2.75, 3.05) is 19.4 Å². The Morgan fingerprint density at radius 1 is 1.28 bits per heavy atom. The molecule has 0 atom stereocenters. The topological polar surface area (TPSA) is 115 Å². The van der Waals surface area contributed by atoms with Crippen LogP contribution < -0.4 is 5.32 Å². The second-order valence-corrected chi connectivity index (χ2v) is 8.47. The molecular weight excluding hydrogens is 411 g/mol. The van der Waals surface area contributed by atoms with E-state index in [1.807, 2.05) is 26.8 Å². The van der Waals surface area contributed by atoms with E-state index in [2.05, 4.69) is 20.3 Å². The molecule has 0 radical (unpaired) electrons. The van der Waals surface area contributed by atoms with Crippen LogP contribution in [0.15, 0.2) is 36.2 Å². The molecule has 0 saturated heterocycles. The summed E-state index contributed by atoms with van der Waals surface area (Å²) < 4.78 is 14.7. The first-order valence-electron chi connectivity index (χ1n) is 9.80. The number of aromatic amines is 1. The summed E-state index contributed by atoms with van der Waals surface area (Å²) in [5.74, 6) is -0.887. The largest absolute Gasteiger partial charge is 0.344 e. The van der Waals surface area contributed by atoms with Gasteiger partial charge in [-0.3, -0.25) is 9.59 Å². The lowest BCUT2D eigenvalue weighted by atomic mass is 9.87. The minimum absolute atomic E-state index is 0.0851. The van der Waals surface area contributed by atoms with Gasteiger partial charge >= 0.3 is 0 Å². The van der Waals surface area contributed by atoms with Crippen molar-refractivity contribution in [3.05, 3.63) is 53.1 Å². The Morgan fingerprint density at radius 3 is 2.59 bits per heavy atom.